The van der Waals surface area contributed by atoms with Gasteiger partial charge in [0, 0.05) is 37.2 Å². The van der Waals surface area contributed by atoms with Crippen LogP contribution >= 0.6 is 11.8 Å². The lowest BCUT2D eigenvalue weighted by Crippen LogP contribution is -2.06. The predicted molar refractivity (Wildman–Crippen MR) is 78.4 cm³/mol. The molecule has 1 heterocycles. The molecule has 1 aromatic heterocycles. The molecular formula is C15H18N2OS. The standard InChI is InChI=1S/C15H18N2OS/c1-12-4-3-5-14(10-12)19-11-13(18)6-7-15-16-8-9-17(15)2/h3-5,8-10H,6-7,11H2,1-2H3. The number of aryl methyl sites for hydroxylation is 3. The molecule has 1 aromatic carbocycles. The number of carbonyl (C=O) groups excluding carboxylic acids is 1. The van der Waals surface area contributed by atoms with Gasteiger partial charge in [-0.15, -0.1) is 11.8 Å². The lowest BCUT2D eigenvalue weighted by Gasteiger charge is -2.03. The summed E-state index contributed by atoms with van der Waals surface area (Å²) in [6.45, 7) is 2.06. The highest BCUT2D eigenvalue weighted by atomic mass is 32.2. The minimum Gasteiger partial charge on any atom is -0.338 e. The van der Waals surface area contributed by atoms with Gasteiger partial charge in [0.05, 0.1) is 5.75 Å². The summed E-state index contributed by atoms with van der Waals surface area (Å²) in [6.07, 6.45) is 4.95. The van der Waals surface area contributed by atoms with Gasteiger partial charge >= 0.3 is 0 Å². The average molecular weight is 274 g/mol. The average Bonchev–Trinajstić information content (AvgIpc) is 2.80. The van der Waals surface area contributed by atoms with Crippen LogP contribution in [0, 0.1) is 6.92 Å². The molecule has 4 heteroatoms. The molecule has 100 valence electrons. The molecule has 0 saturated carbocycles. The number of ketones is 1. The molecule has 3 nitrogen and oxygen atoms in total. The van der Waals surface area contributed by atoms with E-state index in [2.05, 4.69) is 24.0 Å². The van der Waals surface area contributed by atoms with Crippen LogP contribution in [0.25, 0.3) is 0 Å². The highest BCUT2D eigenvalue weighted by Gasteiger charge is 2.06. The summed E-state index contributed by atoms with van der Waals surface area (Å²) in [5, 5.41) is 0. The van der Waals surface area contributed by atoms with Crippen molar-refractivity contribution in [2.45, 2.75) is 24.7 Å². The number of thioether (sulfide) groups is 1. The Labute approximate surface area is 118 Å². The minimum absolute atomic E-state index is 0.273. The fraction of sp³-hybridized carbons (Fsp3) is 0.333. The normalized spacial score (nSPS) is 10.6. The summed E-state index contributed by atoms with van der Waals surface area (Å²) in [4.78, 5) is 17.2. The lowest BCUT2D eigenvalue weighted by molar-refractivity contribution is -0.116. The van der Waals surface area contributed by atoms with Gasteiger partial charge in [0.2, 0.25) is 0 Å². The zero-order valence-corrected chi connectivity index (χ0v) is 12.1. The van der Waals surface area contributed by atoms with Crippen molar-refractivity contribution in [1.82, 2.24) is 9.55 Å². The van der Waals surface area contributed by atoms with Crippen molar-refractivity contribution in [3.63, 3.8) is 0 Å². The van der Waals surface area contributed by atoms with Crippen molar-refractivity contribution < 1.29 is 4.79 Å². The molecule has 0 aliphatic carbocycles. The molecule has 0 atom stereocenters. The zero-order chi connectivity index (χ0) is 13.7. The maximum Gasteiger partial charge on any atom is 0.143 e. The number of carbonyl (C=O) groups is 1. The van der Waals surface area contributed by atoms with Crippen molar-refractivity contribution in [2.75, 3.05) is 5.75 Å². The third-order valence-electron chi connectivity index (χ3n) is 2.94. The largest absolute Gasteiger partial charge is 0.338 e. The van der Waals surface area contributed by atoms with Crippen molar-refractivity contribution in [3.05, 3.63) is 48.0 Å². The summed E-state index contributed by atoms with van der Waals surface area (Å²) >= 11 is 1.61. The van der Waals surface area contributed by atoms with E-state index in [-0.39, 0.29) is 5.78 Å². The third kappa shape index (κ3) is 4.24. The Morgan fingerprint density at radius 2 is 2.26 bits per heavy atom. The molecule has 19 heavy (non-hydrogen) atoms. The molecule has 0 spiro atoms. The van der Waals surface area contributed by atoms with Crippen LogP contribution in [0.5, 0.6) is 0 Å². The molecule has 0 radical (unpaired) electrons. The first-order valence-electron chi connectivity index (χ1n) is 6.32. The molecule has 0 amide bonds. The van der Waals surface area contributed by atoms with Gasteiger partial charge in [0.15, 0.2) is 0 Å². The lowest BCUT2D eigenvalue weighted by atomic mass is 10.2. The Balaban J connectivity index is 1.77. The van der Waals surface area contributed by atoms with E-state index in [0.29, 0.717) is 12.2 Å². The van der Waals surface area contributed by atoms with E-state index in [0.717, 1.165) is 17.1 Å². The maximum atomic E-state index is 11.8. The Bertz CT molecular complexity index is 563. The summed E-state index contributed by atoms with van der Waals surface area (Å²) < 4.78 is 1.96. The summed E-state index contributed by atoms with van der Waals surface area (Å²) in [7, 11) is 1.95. The van der Waals surface area contributed by atoms with Crippen LogP contribution in [0.15, 0.2) is 41.6 Å². The Morgan fingerprint density at radius 1 is 1.42 bits per heavy atom. The predicted octanol–water partition coefficient (Wildman–Crippen LogP) is 3.02. The van der Waals surface area contributed by atoms with E-state index in [4.69, 9.17) is 0 Å². The van der Waals surface area contributed by atoms with Gasteiger partial charge in [0.25, 0.3) is 0 Å². The quantitative estimate of drug-likeness (QED) is 0.759. The molecule has 0 saturated heterocycles. The second-order valence-corrected chi connectivity index (χ2v) is 5.65. The van der Waals surface area contributed by atoms with Crippen molar-refractivity contribution in [1.29, 1.82) is 0 Å². The van der Waals surface area contributed by atoms with E-state index in [1.807, 2.05) is 29.9 Å². The van der Waals surface area contributed by atoms with Crippen LogP contribution in [0.3, 0.4) is 0 Å². The second-order valence-electron chi connectivity index (χ2n) is 4.60. The molecule has 2 rings (SSSR count). The number of nitrogens with zero attached hydrogens (tertiary/aromatic N) is 2. The zero-order valence-electron chi connectivity index (χ0n) is 11.3. The Hall–Kier alpha value is -1.55. The molecule has 0 unspecified atom stereocenters. The van der Waals surface area contributed by atoms with Crippen LogP contribution in [-0.4, -0.2) is 21.1 Å². The molecule has 0 N–H and O–H groups in total. The highest BCUT2D eigenvalue weighted by Crippen LogP contribution is 2.19. The summed E-state index contributed by atoms with van der Waals surface area (Å²) in [5.41, 5.74) is 1.23. The van der Waals surface area contributed by atoms with Gasteiger partial charge in [-0.05, 0) is 19.1 Å². The topological polar surface area (TPSA) is 34.9 Å². The van der Waals surface area contributed by atoms with Crippen molar-refractivity contribution in [3.8, 4) is 0 Å². The maximum absolute atomic E-state index is 11.8. The molecule has 0 aliphatic rings. The third-order valence-corrected chi connectivity index (χ3v) is 3.99. The van der Waals surface area contributed by atoms with Gasteiger partial charge in [-0.3, -0.25) is 4.79 Å². The summed E-state index contributed by atoms with van der Waals surface area (Å²) in [6, 6.07) is 8.24. The first kappa shape index (κ1) is 13.9. The number of rotatable bonds is 6. The number of hydrogen-bond acceptors (Lipinski definition) is 3. The Morgan fingerprint density at radius 3 is 2.95 bits per heavy atom. The van der Waals surface area contributed by atoms with Crippen LogP contribution in [0.4, 0.5) is 0 Å². The molecule has 0 bridgehead atoms. The Kier molecular flexibility index (Phi) is 4.80. The molecular weight excluding hydrogens is 256 g/mol. The van der Waals surface area contributed by atoms with Crippen LogP contribution < -0.4 is 0 Å². The van der Waals surface area contributed by atoms with E-state index in [1.54, 1.807) is 18.0 Å². The van der Waals surface area contributed by atoms with E-state index < -0.39 is 0 Å². The fourth-order valence-corrected chi connectivity index (χ4v) is 2.75. The molecule has 0 fully saturated rings. The molecule has 0 aliphatic heterocycles. The molecule has 2 aromatic rings. The SMILES string of the molecule is Cc1cccc(SCC(=O)CCc2nccn2C)c1. The van der Waals surface area contributed by atoms with Gasteiger partial charge in [-0.1, -0.05) is 17.7 Å². The number of benzene rings is 1. The number of aromatic nitrogens is 2. The van der Waals surface area contributed by atoms with Crippen LogP contribution in [0.2, 0.25) is 0 Å². The first-order chi connectivity index (χ1) is 9.15. The van der Waals surface area contributed by atoms with Gasteiger partial charge in [-0.2, -0.15) is 0 Å². The van der Waals surface area contributed by atoms with Crippen molar-refractivity contribution >= 4 is 17.5 Å². The van der Waals surface area contributed by atoms with Gasteiger partial charge in [-0.25, -0.2) is 4.98 Å². The van der Waals surface area contributed by atoms with Crippen LogP contribution in [-0.2, 0) is 18.3 Å². The second kappa shape index (κ2) is 6.57. The van der Waals surface area contributed by atoms with Crippen molar-refractivity contribution in [2.24, 2.45) is 7.05 Å². The fourth-order valence-electron chi connectivity index (χ4n) is 1.83. The van der Waals surface area contributed by atoms with E-state index in [9.17, 15) is 4.79 Å². The van der Waals surface area contributed by atoms with Gasteiger partial charge < -0.3 is 4.57 Å². The van der Waals surface area contributed by atoms with E-state index >= 15 is 0 Å². The highest BCUT2D eigenvalue weighted by molar-refractivity contribution is 8.00. The van der Waals surface area contributed by atoms with Crippen LogP contribution in [0.1, 0.15) is 17.8 Å². The summed E-state index contributed by atoms with van der Waals surface area (Å²) in [5.74, 6) is 1.77. The first-order valence-corrected chi connectivity index (χ1v) is 7.31. The van der Waals surface area contributed by atoms with E-state index in [1.165, 1.54) is 5.56 Å². The minimum atomic E-state index is 0.273. The monoisotopic (exact) mass is 274 g/mol. The number of Topliss-reactive ketones (excluding diaryl/α,β-unsaturated/α-hetero) is 1. The number of hydrogen-bond donors (Lipinski definition) is 0. The van der Waals surface area contributed by atoms with Gasteiger partial charge in [0.1, 0.15) is 11.6 Å². The smallest absolute Gasteiger partial charge is 0.143 e. The number of imidazole rings is 1.